The zero-order chi connectivity index (χ0) is 18.3. The van der Waals surface area contributed by atoms with Crippen molar-refractivity contribution in [2.45, 2.75) is 32.2 Å². The number of phenolic OH excluding ortho intramolecular Hbond substituents is 3. The summed E-state index contributed by atoms with van der Waals surface area (Å²) >= 11 is 0. The summed E-state index contributed by atoms with van der Waals surface area (Å²) in [5.41, 5.74) is 0.180. The van der Waals surface area contributed by atoms with E-state index in [9.17, 15) is 25.2 Å². The Morgan fingerprint density at radius 1 is 1.04 bits per heavy atom. The summed E-state index contributed by atoms with van der Waals surface area (Å²) in [7, 11) is 0. The number of rotatable bonds is 3. The van der Waals surface area contributed by atoms with Gasteiger partial charge in [0.05, 0.1) is 6.10 Å². The minimum atomic E-state index is -1.57. The lowest BCUT2D eigenvalue weighted by atomic mass is 9.92. The van der Waals surface area contributed by atoms with E-state index in [0.717, 1.165) is 0 Å². The molecular weight excluding hydrogens is 328 g/mol. The summed E-state index contributed by atoms with van der Waals surface area (Å²) in [5, 5.41) is 39.4. The smallest absolute Gasteiger partial charge is 0.202 e. The van der Waals surface area contributed by atoms with Gasteiger partial charge >= 0.3 is 0 Å². The fraction of sp³-hybridized carbons (Fsp3) is 0.278. The van der Waals surface area contributed by atoms with E-state index in [1.807, 2.05) is 13.8 Å². The Kier molecular flexibility index (Phi) is 4.18. The molecule has 0 aliphatic carbocycles. The second-order valence-corrected chi connectivity index (χ2v) is 6.08. The molecule has 0 amide bonds. The summed E-state index contributed by atoms with van der Waals surface area (Å²) in [6, 6.07) is 6.62. The van der Waals surface area contributed by atoms with Crippen LogP contribution >= 0.6 is 0 Å². The maximum atomic E-state index is 12.5. The molecule has 132 valence electrons. The monoisotopic (exact) mass is 346 g/mol. The van der Waals surface area contributed by atoms with Crippen molar-refractivity contribution in [2.75, 3.05) is 0 Å². The van der Waals surface area contributed by atoms with Gasteiger partial charge in [-0.3, -0.25) is 4.79 Å². The number of aliphatic hydroxyl groups is 1. The zero-order valence-corrected chi connectivity index (χ0v) is 13.6. The number of fused-ring (bicyclic) bond motifs is 1. The van der Waals surface area contributed by atoms with E-state index in [0.29, 0.717) is 11.3 Å². The first-order valence-electron chi connectivity index (χ1n) is 7.72. The predicted octanol–water partition coefficient (Wildman–Crippen LogP) is 2.27. The first-order chi connectivity index (χ1) is 11.8. The van der Waals surface area contributed by atoms with Gasteiger partial charge in [0.15, 0.2) is 23.7 Å². The van der Waals surface area contributed by atoms with Crippen LogP contribution in [0.25, 0.3) is 0 Å². The van der Waals surface area contributed by atoms with Crippen molar-refractivity contribution in [3.63, 3.8) is 0 Å². The van der Waals surface area contributed by atoms with E-state index in [1.165, 1.54) is 30.3 Å². The van der Waals surface area contributed by atoms with E-state index >= 15 is 0 Å². The minimum absolute atomic E-state index is 0.0727. The fourth-order valence-corrected chi connectivity index (χ4v) is 2.71. The molecule has 3 rings (SSSR count). The van der Waals surface area contributed by atoms with E-state index in [2.05, 4.69) is 0 Å². The number of benzene rings is 2. The Morgan fingerprint density at radius 3 is 2.40 bits per heavy atom. The van der Waals surface area contributed by atoms with Gasteiger partial charge in [0, 0.05) is 12.1 Å². The van der Waals surface area contributed by atoms with E-state index in [1.54, 1.807) is 0 Å². The van der Waals surface area contributed by atoms with Gasteiger partial charge in [-0.15, -0.1) is 0 Å². The van der Waals surface area contributed by atoms with Crippen molar-refractivity contribution in [1.82, 2.24) is 0 Å². The molecule has 0 spiro atoms. The molecule has 0 unspecified atom stereocenters. The van der Waals surface area contributed by atoms with Crippen LogP contribution in [0.1, 0.15) is 35.9 Å². The summed E-state index contributed by atoms with van der Waals surface area (Å²) in [6.07, 6.45) is -2.81. The largest absolute Gasteiger partial charge is 0.507 e. The molecule has 7 heteroatoms. The van der Waals surface area contributed by atoms with Crippen LogP contribution in [-0.2, 0) is 0 Å². The van der Waals surface area contributed by atoms with Gasteiger partial charge in [-0.1, -0.05) is 6.07 Å². The summed E-state index contributed by atoms with van der Waals surface area (Å²) in [6.45, 7) is 3.63. The molecule has 2 aromatic carbocycles. The SMILES string of the molecule is CC(C)Oc1cc(O)c2c(c1)O[C@H](c1ccc(O)c(O)c1)[C@@H](O)C2=O. The van der Waals surface area contributed by atoms with Crippen LogP contribution < -0.4 is 9.47 Å². The number of hydrogen-bond acceptors (Lipinski definition) is 7. The molecular formula is C18H18O7. The second kappa shape index (κ2) is 6.18. The Labute approximate surface area is 143 Å². The Bertz CT molecular complexity index is 828. The summed E-state index contributed by atoms with van der Waals surface area (Å²) in [4.78, 5) is 12.5. The highest BCUT2D eigenvalue weighted by molar-refractivity contribution is 6.05. The molecule has 0 radical (unpaired) electrons. The van der Waals surface area contributed by atoms with Crippen LogP contribution in [0.5, 0.6) is 28.7 Å². The third kappa shape index (κ3) is 3.06. The van der Waals surface area contributed by atoms with Crippen molar-refractivity contribution in [3.05, 3.63) is 41.5 Å². The number of Topliss-reactive ketones (excluding diaryl/α,β-unsaturated/α-hetero) is 1. The van der Waals surface area contributed by atoms with Crippen LogP contribution in [0.3, 0.4) is 0 Å². The van der Waals surface area contributed by atoms with Crippen LogP contribution in [0.2, 0.25) is 0 Å². The zero-order valence-electron chi connectivity index (χ0n) is 13.6. The second-order valence-electron chi connectivity index (χ2n) is 6.08. The molecule has 2 atom stereocenters. The normalized spacial score (nSPS) is 19.4. The highest BCUT2D eigenvalue weighted by Crippen LogP contribution is 2.43. The van der Waals surface area contributed by atoms with Gasteiger partial charge in [-0.05, 0) is 31.5 Å². The number of ether oxygens (including phenoxy) is 2. The summed E-state index contributed by atoms with van der Waals surface area (Å²) in [5.74, 6) is -1.37. The first kappa shape index (κ1) is 16.9. The standard InChI is InChI=1S/C18H18O7/c1-8(2)24-10-6-13(21)15-14(7-10)25-18(17(23)16(15)22)9-3-4-11(19)12(20)5-9/h3-8,17-21,23H,1-2H3/t17-,18+/m0/s1. The lowest BCUT2D eigenvalue weighted by molar-refractivity contribution is 0.0209. The maximum absolute atomic E-state index is 12.5. The number of carbonyl (C=O) groups excluding carboxylic acids is 1. The van der Waals surface area contributed by atoms with Gasteiger partial charge in [0.2, 0.25) is 5.78 Å². The molecule has 1 heterocycles. The first-order valence-corrected chi connectivity index (χ1v) is 7.72. The highest BCUT2D eigenvalue weighted by Gasteiger charge is 2.39. The molecule has 1 aliphatic heterocycles. The number of ketones is 1. The Morgan fingerprint density at radius 2 is 1.76 bits per heavy atom. The molecule has 1 aliphatic rings. The molecule has 0 bridgehead atoms. The van der Waals surface area contributed by atoms with Gasteiger partial charge < -0.3 is 29.9 Å². The van der Waals surface area contributed by atoms with E-state index < -0.39 is 23.7 Å². The molecule has 25 heavy (non-hydrogen) atoms. The predicted molar refractivity (Wildman–Crippen MR) is 87.3 cm³/mol. The van der Waals surface area contributed by atoms with Gasteiger partial charge in [-0.2, -0.15) is 0 Å². The van der Waals surface area contributed by atoms with Crippen molar-refractivity contribution in [2.24, 2.45) is 0 Å². The number of aromatic hydroxyl groups is 3. The third-order valence-corrected chi connectivity index (χ3v) is 3.81. The van der Waals surface area contributed by atoms with Crippen LogP contribution in [0.4, 0.5) is 0 Å². The van der Waals surface area contributed by atoms with Crippen molar-refractivity contribution in [1.29, 1.82) is 0 Å². The molecule has 2 aromatic rings. The van der Waals surface area contributed by atoms with Gasteiger partial charge in [-0.25, -0.2) is 0 Å². The van der Waals surface area contributed by atoms with E-state index in [4.69, 9.17) is 9.47 Å². The Hall–Kier alpha value is -2.93. The van der Waals surface area contributed by atoms with Crippen molar-refractivity contribution < 1.29 is 34.7 Å². The summed E-state index contributed by atoms with van der Waals surface area (Å²) < 4.78 is 11.2. The maximum Gasteiger partial charge on any atom is 0.202 e. The third-order valence-electron chi connectivity index (χ3n) is 3.81. The molecule has 7 nitrogen and oxygen atoms in total. The fourth-order valence-electron chi connectivity index (χ4n) is 2.71. The average Bonchev–Trinajstić information content (AvgIpc) is 2.52. The van der Waals surface area contributed by atoms with Gasteiger partial charge in [0.1, 0.15) is 22.8 Å². The quantitative estimate of drug-likeness (QED) is 0.630. The molecule has 4 N–H and O–H groups in total. The van der Waals surface area contributed by atoms with Crippen molar-refractivity contribution in [3.8, 4) is 28.7 Å². The average molecular weight is 346 g/mol. The molecule has 0 saturated carbocycles. The van der Waals surface area contributed by atoms with Crippen LogP contribution in [0.15, 0.2) is 30.3 Å². The number of hydrogen-bond donors (Lipinski definition) is 4. The lowest BCUT2D eigenvalue weighted by Crippen LogP contribution is -2.36. The highest BCUT2D eigenvalue weighted by atomic mass is 16.5. The van der Waals surface area contributed by atoms with E-state index in [-0.39, 0.29) is 28.9 Å². The minimum Gasteiger partial charge on any atom is -0.507 e. The van der Waals surface area contributed by atoms with Crippen molar-refractivity contribution >= 4 is 5.78 Å². The number of aliphatic hydroxyl groups excluding tert-OH is 1. The topological polar surface area (TPSA) is 116 Å². The lowest BCUT2D eigenvalue weighted by Gasteiger charge is -2.30. The number of carbonyl (C=O) groups is 1. The molecule has 0 aromatic heterocycles. The number of phenols is 3. The van der Waals surface area contributed by atoms with Gasteiger partial charge in [0.25, 0.3) is 0 Å². The van der Waals surface area contributed by atoms with Crippen LogP contribution in [0, 0.1) is 0 Å². The molecule has 0 fully saturated rings. The Balaban J connectivity index is 2.03. The molecule has 0 saturated heterocycles. The van der Waals surface area contributed by atoms with Crippen LogP contribution in [-0.4, -0.2) is 38.4 Å².